The van der Waals surface area contributed by atoms with Gasteiger partial charge in [-0.05, 0) is 31.6 Å². The molecule has 0 aromatic heterocycles. The van der Waals surface area contributed by atoms with E-state index < -0.39 is 0 Å². The third-order valence-corrected chi connectivity index (χ3v) is 7.72. The van der Waals surface area contributed by atoms with Crippen molar-refractivity contribution in [2.24, 2.45) is 5.92 Å². The lowest BCUT2D eigenvalue weighted by atomic mass is 9.95. The summed E-state index contributed by atoms with van der Waals surface area (Å²) in [5.41, 5.74) is 0. The van der Waals surface area contributed by atoms with Crippen LogP contribution >= 0.6 is 0 Å². The van der Waals surface area contributed by atoms with E-state index in [1.54, 1.807) is 0 Å². The number of hydrogen-bond acceptors (Lipinski definition) is 5. The molecule has 0 aromatic rings. The van der Waals surface area contributed by atoms with Crippen molar-refractivity contribution in [1.82, 2.24) is 0 Å². The maximum absolute atomic E-state index is 12.2. The molecule has 0 spiro atoms. The van der Waals surface area contributed by atoms with Gasteiger partial charge in [0.2, 0.25) is 0 Å². The second-order valence-electron chi connectivity index (χ2n) is 11.7. The average Bonchev–Trinajstić information content (AvgIpc) is 2.96. The lowest BCUT2D eigenvalue weighted by Gasteiger charge is -2.17. The number of esters is 1. The van der Waals surface area contributed by atoms with Gasteiger partial charge in [-0.3, -0.25) is 4.79 Å². The topological polar surface area (TPSA) is 54.0 Å². The molecule has 0 rings (SSSR count). The third-order valence-electron chi connectivity index (χ3n) is 7.72. The number of ether oxygens (including phenoxy) is 4. The largest absolute Gasteiger partial charge is 0.465 e. The molecule has 0 amide bonds. The SMILES string of the molecule is CCCCCCCCCCCOCCOCCOCCCC(=O)OCC(CCCCCC)CCCCCCCC. The summed E-state index contributed by atoms with van der Waals surface area (Å²) >= 11 is 0. The van der Waals surface area contributed by atoms with Gasteiger partial charge in [0.05, 0.1) is 33.0 Å². The molecule has 0 aliphatic rings. The molecule has 5 nitrogen and oxygen atoms in total. The Bertz CT molecular complexity index is 484. The summed E-state index contributed by atoms with van der Waals surface area (Å²) in [7, 11) is 0. The van der Waals surface area contributed by atoms with E-state index in [-0.39, 0.29) is 5.97 Å². The lowest BCUT2D eigenvalue weighted by Crippen LogP contribution is -2.15. The Morgan fingerprint density at radius 2 is 0.825 bits per heavy atom. The molecule has 240 valence electrons. The van der Waals surface area contributed by atoms with Gasteiger partial charge in [0.1, 0.15) is 0 Å². The van der Waals surface area contributed by atoms with Gasteiger partial charge in [0.25, 0.3) is 0 Å². The van der Waals surface area contributed by atoms with Crippen LogP contribution in [0.1, 0.15) is 168 Å². The highest BCUT2D eigenvalue weighted by Crippen LogP contribution is 2.19. The van der Waals surface area contributed by atoms with Crippen LogP contribution in [0.2, 0.25) is 0 Å². The Morgan fingerprint density at radius 1 is 0.450 bits per heavy atom. The number of carbonyl (C=O) groups is 1. The van der Waals surface area contributed by atoms with Gasteiger partial charge in [-0.1, -0.05) is 136 Å². The molecule has 40 heavy (non-hydrogen) atoms. The first-order chi connectivity index (χ1) is 19.7. The molecular weight excluding hydrogens is 500 g/mol. The smallest absolute Gasteiger partial charge is 0.305 e. The molecule has 1 unspecified atom stereocenters. The third kappa shape index (κ3) is 31.9. The van der Waals surface area contributed by atoms with E-state index in [0.29, 0.717) is 58.4 Å². The van der Waals surface area contributed by atoms with Crippen LogP contribution in [0.5, 0.6) is 0 Å². The van der Waals surface area contributed by atoms with Crippen LogP contribution in [0.3, 0.4) is 0 Å². The molecule has 0 N–H and O–H groups in total. The van der Waals surface area contributed by atoms with E-state index in [0.717, 1.165) is 13.0 Å². The summed E-state index contributed by atoms with van der Waals surface area (Å²) in [5.74, 6) is 0.444. The molecule has 0 heterocycles. The first-order valence-corrected chi connectivity index (χ1v) is 17.6. The van der Waals surface area contributed by atoms with E-state index in [1.165, 1.54) is 128 Å². The van der Waals surface area contributed by atoms with Gasteiger partial charge < -0.3 is 18.9 Å². The van der Waals surface area contributed by atoms with Crippen LogP contribution in [0.4, 0.5) is 0 Å². The van der Waals surface area contributed by atoms with Gasteiger partial charge in [0, 0.05) is 19.6 Å². The highest BCUT2D eigenvalue weighted by molar-refractivity contribution is 5.69. The second kappa shape index (κ2) is 34.6. The van der Waals surface area contributed by atoms with Gasteiger partial charge in [-0.15, -0.1) is 0 Å². The minimum absolute atomic E-state index is 0.0783. The first kappa shape index (κ1) is 39.4. The summed E-state index contributed by atoms with van der Waals surface area (Å²) in [6.45, 7) is 11.2. The van der Waals surface area contributed by atoms with E-state index >= 15 is 0 Å². The van der Waals surface area contributed by atoms with E-state index in [9.17, 15) is 4.79 Å². The maximum atomic E-state index is 12.2. The Kier molecular flexibility index (Phi) is 34.0. The predicted molar refractivity (Wildman–Crippen MR) is 170 cm³/mol. The van der Waals surface area contributed by atoms with Crippen molar-refractivity contribution >= 4 is 5.97 Å². The molecule has 0 aromatic carbocycles. The van der Waals surface area contributed by atoms with E-state index in [1.807, 2.05) is 0 Å². The average molecular weight is 571 g/mol. The summed E-state index contributed by atoms with van der Waals surface area (Å²) in [5, 5.41) is 0. The van der Waals surface area contributed by atoms with Gasteiger partial charge >= 0.3 is 5.97 Å². The minimum atomic E-state index is -0.0783. The Balaban J connectivity index is 3.57. The predicted octanol–water partition coefficient (Wildman–Crippen LogP) is 10.2. The van der Waals surface area contributed by atoms with Crippen LogP contribution in [-0.4, -0.2) is 52.2 Å². The van der Waals surface area contributed by atoms with Crippen LogP contribution in [0, 0.1) is 5.92 Å². The number of rotatable bonds is 34. The molecule has 0 fully saturated rings. The standard InChI is InChI=1S/C35H70O5/c1-4-7-10-13-15-16-17-19-22-27-37-29-31-39-32-30-38-28-23-26-35(36)40-33-34(24-20-12-9-6-3)25-21-18-14-11-8-5-2/h34H,4-33H2,1-3H3. The molecule has 0 saturated carbocycles. The number of hydrogen-bond donors (Lipinski definition) is 0. The molecular formula is C35H70O5. The van der Waals surface area contributed by atoms with E-state index in [2.05, 4.69) is 20.8 Å². The van der Waals surface area contributed by atoms with Crippen molar-refractivity contribution in [3.05, 3.63) is 0 Å². The highest BCUT2D eigenvalue weighted by atomic mass is 16.5. The number of carbonyl (C=O) groups excluding carboxylic acids is 1. The zero-order valence-corrected chi connectivity index (χ0v) is 27.3. The molecule has 0 aliphatic carbocycles. The summed E-state index contributed by atoms with van der Waals surface area (Å²) in [6, 6.07) is 0. The van der Waals surface area contributed by atoms with Gasteiger partial charge in [0.15, 0.2) is 0 Å². The van der Waals surface area contributed by atoms with Crippen molar-refractivity contribution in [3.63, 3.8) is 0 Å². The fourth-order valence-corrected chi connectivity index (χ4v) is 5.04. The normalized spacial score (nSPS) is 12.2. The Labute approximate surface area is 250 Å². The Morgan fingerprint density at radius 3 is 1.32 bits per heavy atom. The molecule has 0 aliphatic heterocycles. The fourth-order valence-electron chi connectivity index (χ4n) is 5.04. The quantitative estimate of drug-likeness (QED) is 0.0569. The van der Waals surface area contributed by atoms with Crippen molar-refractivity contribution < 1.29 is 23.7 Å². The minimum Gasteiger partial charge on any atom is -0.465 e. The van der Waals surface area contributed by atoms with E-state index in [4.69, 9.17) is 18.9 Å². The molecule has 0 saturated heterocycles. The summed E-state index contributed by atoms with van der Waals surface area (Å²) in [6.07, 6.45) is 28.6. The first-order valence-electron chi connectivity index (χ1n) is 17.6. The van der Waals surface area contributed by atoms with Crippen LogP contribution in [0.25, 0.3) is 0 Å². The fraction of sp³-hybridized carbons (Fsp3) is 0.971. The van der Waals surface area contributed by atoms with Gasteiger partial charge in [-0.25, -0.2) is 0 Å². The molecule has 0 radical (unpaired) electrons. The Hall–Kier alpha value is -0.650. The zero-order chi connectivity index (χ0) is 29.2. The van der Waals surface area contributed by atoms with Crippen molar-refractivity contribution in [3.8, 4) is 0 Å². The van der Waals surface area contributed by atoms with Crippen LogP contribution in [0.15, 0.2) is 0 Å². The maximum Gasteiger partial charge on any atom is 0.305 e. The van der Waals surface area contributed by atoms with Crippen molar-refractivity contribution in [1.29, 1.82) is 0 Å². The van der Waals surface area contributed by atoms with Crippen LogP contribution in [-0.2, 0) is 23.7 Å². The summed E-state index contributed by atoms with van der Waals surface area (Å²) < 4.78 is 22.5. The van der Waals surface area contributed by atoms with Gasteiger partial charge in [-0.2, -0.15) is 0 Å². The van der Waals surface area contributed by atoms with Crippen LogP contribution < -0.4 is 0 Å². The lowest BCUT2D eigenvalue weighted by molar-refractivity contribution is -0.145. The van der Waals surface area contributed by atoms with Crippen molar-refractivity contribution in [2.45, 2.75) is 168 Å². The monoisotopic (exact) mass is 571 g/mol. The zero-order valence-electron chi connectivity index (χ0n) is 27.3. The second-order valence-corrected chi connectivity index (χ2v) is 11.7. The number of unbranched alkanes of at least 4 members (excludes halogenated alkanes) is 16. The summed E-state index contributed by atoms with van der Waals surface area (Å²) in [4.78, 5) is 12.2. The molecule has 5 heteroatoms. The van der Waals surface area contributed by atoms with Crippen molar-refractivity contribution in [2.75, 3.05) is 46.2 Å². The molecule has 1 atom stereocenters. The highest BCUT2D eigenvalue weighted by Gasteiger charge is 2.12. The molecule has 0 bridgehead atoms.